The minimum absolute atomic E-state index is 0.133. The number of amides is 1. The largest absolute Gasteiger partial charge is 0.340 e. The number of aromatic nitrogens is 4. The van der Waals surface area contributed by atoms with Crippen molar-refractivity contribution in [1.82, 2.24) is 29.0 Å². The maximum atomic E-state index is 13.4. The second-order valence-electron chi connectivity index (χ2n) is 10.5. The van der Waals surface area contributed by atoms with Gasteiger partial charge in [-0.25, -0.2) is 4.39 Å². The van der Waals surface area contributed by atoms with Crippen LogP contribution in [-0.4, -0.2) is 67.1 Å². The maximum Gasteiger partial charge on any atom is 0.263 e. The summed E-state index contributed by atoms with van der Waals surface area (Å²) in [4.78, 5) is 31.1. The molecular weight excluding hydrogens is 483 g/mol. The molecule has 2 aromatic carbocycles. The van der Waals surface area contributed by atoms with E-state index >= 15 is 0 Å². The lowest BCUT2D eigenvalue weighted by atomic mass is 9.94. The molecule has 0 radical (unpaired) electrons. The molecule has 0 spiro atoms. The summed E-state index contributed by atoms with van der Waals surface area (Å²) in [5, 5.41) is 9.32. The van der Waals surface area contributed by atoms with E-state index in [2.05, 4.69) is 15.1 Å². The third-order valence-corrected chi connectivity index (χ3v) is 8.15. The minimum Gasteiger partial charge on any atom is -0.340 e. The van der Waals surface area contributed by atoms with Crippen molar-refractivity contribution in [2.75, 3.05) is 26.2 Å². The number of hydrogen-bond acceptors (Lipinski definition) is 5. The number of hydrogen-bond donors (Lipinski definition) is 0. The highest BCUT2D eigenvalue weighted by Crippen LogP contribution is 2.24. The lowest BCUT2D eigenvalue weighted by Gasteiger charge is -2.40. The Morgan fingerprint density at radius 2 is 1.66 bits per heavy atom. The molecule has 38 heavy (non-hydrogen) atoms. The summed E-state index contributed by atoms with van der Waals surface area (Å²) in [5.41, 5.74) is 1.33. The number of para-hydroxylation sites is 1. The van der Waals surface area contributed by atoms with Gasteiger partial charge in [0.05, 0.1) is 17.4 Å². The van der Waals surface area contributed by atoms with Gasteiger partial charge in [0.2, 0.25) is 11.7 Å². The van der Waals surface area contributed by atoms with Gasteiger partial charge in [-0.15, -0.1) is 10.2 Å². The van der Waals surface area contributed by atoms with Gasteiger partial charge in [0.1, 0.15) is 11.6 Å². The van der Waals surface area contributed by atoms with Crippen LogP contribution in [-0.2, 0) is 17.8 Å². The van der Waals surface area contributed by atoms with E-state index in [1.54, 1.807) is 22.8 Å². The summed E-state index contributed by atoms with van der Waals surface area (Å²) in [6.07, 6.45) is 7.34. The van der Waals surface area contributed by atoms with Crippen molar-refractivity contribution in [2.24, 2.45) is 0 Å². The zero-order chi connectivity index (χ0) is 26.1. The number of aryl methyl sites for hydroxylation is 1. The third kappa shape index (κ3) is 4.82. The monoisotopic (exact) mass is 516 g/mol. The van der Waals surface area contributed by atoms with Gasteiger partial charge in [-0.05, 0) is 42.7 Å². The lowest BCUT2D eigenvalue weighted by molar-refractivity contribution is -0.133. The zero-order valence-electron chi connectivity index (χ0n) is 21.6. The molecule has 1 aliphatic heterocycles. The predicted octanol–water partition coefficient (Wildman–Crippen LogP) is 3.64. The van der Waals surface area contributed by atoms with Crippen LogP contribution in [0, 0.1) is 5.82 Å². The summed E-state index contributed by atoms with van der Waals surface area (Å²) < 4.78 is 16.9. The third-order valence-electron chi connectivity index (χ3n) is 8.15. The molecule has 1 aliphatic carbocycles. The van der Waals surface area contributed by atoms with Crippen LogP contribution in [0.5, 0.6) is 0 Å². The average Bonchev–Trinajstić information content (AvgIpc) is 3.39. The molecule has 1 amide bonds. The van der Waals surface area contributed by atoms with Gasteiger partial charge in [-0.1, -0.05) is 43.5 Å². The molecular formula is C29H33FN6O2. The first-order valence-corrected chi connectivity index (χ1v) is 13.7. The molecule has 6 rings (SSSR count). The standard InChI is InChI=1S/C29H33FN6O2/c30-22-12-10-21(11-13-22)20-35-28(38)24-8-4-5-9-25(24)36-26(31-32-29(35)36)14-15-27(37)34-18-16-33(17-19-34)23-6-2-1-3-7-23/h4-5,8-13,23H,1-3,6-7,14-20H2. The number of nitrogens with zero attached hydrogens (tertiary/aromatic N) is 6. The van der Waals surface area contributed by atoms with E-state index in [9.17, 15) is 14.0 Å². The van der Waals surface area contributed by atoms with Crippen molar-refractivity contribution in [3.05, 3.63) is 76.1 Å². The molecule has 198 valence electrons. The fourth-order valence-electron chi connectivity index (χ4n) is 6.05. The summed E-state index contributed by atoms with van der Waals surface area (Å²) in [6.45, 7) is 3.69. The van der Waals surface area contributed by atoms with Gasteiger partial charge < -0.3 is 4.90 Å². The van der Waals surface area contributed by atoms with Crippen molar-refractivity contribution in [3.8, 4) is 0 Å². The normalized spacial score (nSPS) is 17.4. The maximum absolute atomic E-state index is 13.4. The molecule has 4 aromatic rings. The van der Waals surface area contributed by atoms with E-state index in [1.165, 1.54) is 44.2 Å². The van der Waals surface area contributed by atoms with E-state index in [0.717, 1.165) is 37.3 Å². The molecule has 8 nitrogen and oxygen atoms in total. The molecule has 0 bridgehead atoms. The highest BCUT2D eigenvalue weighted by atomic mass is 19.1. The first kappa shape index (κ1) is 24.7. The number of halogens is 1. The fraction of sp³-hybridized carbons (Fsp3) is 0.448. The Morgan fingerprint density at radius 1 is 0.921 bits per heavy atom. The van der Waals surface area contributed by atoms with Crippen molar-refractivity contribution in [3.63, 3.8) is 0 Å². The molecule has 2 aliphatic rings. The number of benzene rings is 2. The number of rotatable bonds is 6. The van der Waals surface area contributed by atoms with Crippen LogP contribution in [0.15, 0.2) is 53.3 Å². The Bertz CT molecular complexity index is 1500. The van der Waals surface area contributed by atoms with Crippen molar-refractivity contribution in [1.29, 1.82) is 0 Å². The molecule has 0 unspecified atom stereocenters. The summed E-state index contributed by atoms with van der Waals surface area (Å²) in [5.74, 6) is 0.878. The van der Waals surface area contributed by atoms with E-state index in [1.807, 2.05) is 27.5 Å². The van der Waals surface area contributed by atoms with E-state index in [4.69, 9.17) is 0 Å². The zero-order valence-corrected chi connectivity index (χ0v) is 21.6. The van der Waals surface area contributed by atoms with Gasteiger partial charge in [0.15, 0.2) is 0 Å². The molecule has 3 heterocycles. The molecule has 0 atom stereocenters. The smallest absolute Gasteiger partial charge is 0.263 e. The van der Waals surface area contributed by atoms with Crippen LogP contribution in [0.2, 0.25) is 0 Å². The second-order valence-corrected chi connectivity index (χ2v) is 10.5. The highest BCUT2D eigenvalue weighted by Gasteiger charge is 2.27. The number of fused-ring (bicyclic) bond motifs is 3. The number of carbonyl (C=O) groups excluding carboxylic acids is 1. The molecule has 1 saturated heterocycles. The predicted molar refractivity (Wildman–Crippen MR) is 144 cm³/mol. The quantitative estimate of drug-likeness (QED) is 0.391. The SMILES string of the molecule is O=C(CCc1nnc2n(Cc3ccc(F)cc3)c(=O)c3ccccc3n12)N1CCN(C2CCCCC2)CC1. The fourth-order valence-corrected chi connectivity index (χ4v) is 6.05. The van der Waals surface area contributed by atoms with Crippen molar-refractivity contribution >= 4 is 22.6 Å². The van der Waals surface area contributed by atoms with Crippen LogP contribution < -0.4 is 5.56 Å². The minimum atomic E-state index is -0.324. The van der Waals surface area contributed by atoms with E-state index in [0.29, 0.717) is 35.9 Å². The Hall–Kier alpha value is -3.59. The molecule has 2 aromatic heterocycles. The summed E-state index contributed by atoms with van der Waals surface area (Å²) >= 11 is 0. The second kappa shape index (κ2) is 10.6. The van der Waals surface area contributed by atoms with Gasteiger partial charge in [0.25, 0.3) is 5.56 Å². The van der Waals surface area contributed by atoms with Gasteiger partial charge in [-0.2, -0.15) is 0 Å². The summed E-state index contributed by atoms with van der Waals surface area (Å²) in [7, 11) is 0. The Morgan fingerprint density at radius 3 is 2.42 bits per heavy atom. The molecule has 0 N–H and O–H groups in total. The molecule has 2 fully saturated rings. The first-order chi connectivity index (χ1) is 18.6. The van der Waals surface area contributed by atoms with E-state index in [-0.39, 0.29) is 23.8 Å². The van der Waals surface area contributed by atoms with Gasteiger partial charge in [0, 0.05) is 45.1 Å². The highest BCUT2D eigenvalue weighted by molar-refractivity contribution is 5.80. The van der Waals surface area contributed by atoms with Gasteiger partial charge in [-0.3, -0.25) is 23.5 Å². The number of piperazine rings is 1. The van der Waals surface area contributed by atoms with Gasteiger partial charge >= 0.3 is 0 Å². The Balaban J connectivity index is 1.21. The van der Waals surface area contributed by atoms with Crippen LogP contribution in [0.25, 0.3) is 16.7 Å². The Kier molecular flexibility index (Phi) is 6.93. The topological polar surface area (TPSA) is 75.7 Å². The number of carbonyl (C=O) groups is 1. The van der Waals surface area contributed by atoms with Crippen LogP contribution in [0.4, 0.5) is 4.39 Å². The van der Waals surface area contributed by atoms with Crippen LogP contribution >= 0.6 is 0 Å². The van der Waals surface area contributed by atoms with E-state index < -0.39 is 0 Å². The van der Waals surface area contributed by atoms with Crippen molar-refractivity contribution in [2.45, 2.75) is 57.5 Å². The molecule has 1 saturated carbocycles. The Labute approximate surface area is 220 Å². The summed E-state index contributed by atoms with van der Waals surface area (Å²) in [6, 6.07) is 14.2. The van der Waals surface area contributed by atoms with Crippen LogP contribution in [0.1, 0.15) is 49.9 Å². The first-order valence-electron chi connectivity index (χ1n) is 13.7. The average molecular weight is 517 g/mol. The van der Waals surface area contributed by atoms with Crippen LogP contribution in [0.3, 0.4) is 0 Å². The molecule has 9 heteroatoms. The lowest BCUT2D eigenvalue weighted by Crippen LogP contribution is -2.52. The van der Waals surface area contributed by atoms with Crippen molar-refractivity contribution < 1.29 is 9.18 Å².